The normalized spacial score (nSPS) is 20.4. The first-order chi connectivity index (χ1) is 13.3. The average molecular weight is 395 g/mol. The molecule has 2 aromatic heterocycles. The third kappa shape index (κ3) is 3.20. The summed E-state index contributed by atoms with van der Waals surface area (Å²) in [5.41, 5.74) is -0.985. The Bertz CT molecular complexity index is 900. The molecule has 28 heavy (non-hydrogen) atoms. The Balaban J connectivity index is 1.47. The second kappa shape index (κ2) is 6.75. The number of rotatable bonds is 5. The predicted octanol–water partition coefficient (Wildman–Crippen LogP) is 2.52. The molecule has 1 aliphatic carbocycles. The fourth-order valence-electron chi connectivity index (χ4n) is 4.31. The van der Waals surface area contributed by atoms with Gasteiger partial charge in [0.25, 0.3) is 0 Å². The molecule has 2 aromatic rings. The van der Waals surface area contributed by atoms with Crippen LogP contribution in [0.15, 0.2) is 18.2 Å². The van der Waals surface area contributed by atoms with Crippen molar-refractivity contribution < 1.29 is 22.8 Å². The van der Waals surface area contributed by atoms with Crippen molar-refractivity contribution >= 4 is 23.9 Å². The summed E-state index contributed by atoms with van der Waals surface area (Å²) < 4.78 is 42.0. The minimum absolute atomic E-state index is 0.102. The second-order valence-electron chi connectivity index (χ2n) is 7.69. The number of likely N-dealkylation sites (tertiary alicyclic amines) is 1. The van der Waals surface area contributed by atoms with Crippen molar-refractivity contribution in [3.8, 4) is 0 Å². The Morgan fingerprint density at radius 2 is 1.96 bits per heavy atom. The smallest absolute Gasteiger partial charge is 0.249 e. The van der Waals surface area contributed by atoms with E-state index in [1.54, 1.807) is 18.2 Å². The maximum absolute atomic E-state index is 15.8. The molecule has 0 unspecified atom stereocenters. The minimum atomic E-state index is -2.64. The quantitative estimate of drug-likeness (QED) is 0.789. The maximum atomic E-state index is 15.8. The van der Waals surface area contributed by atoms with Gasteiger partial charge in [-0.3, -0.25) is 14.9 Å². The lowest BCUT2D eigenvalue weighted by Gasteiger charge is -2.54. The molecule has 2 amide bonds. The van der Waals surface area contributed by atoms with Crippen molar-refractivity contribution in [3.63, 3.8) is 0 Å². The molecule has 0 radical (unpaired) electrons. The van der Waals surface area contributed by atoms with Gasteiger partial charge in [0, 0.05) is 18.5 Å². The zero-order valence-corrected chi connectivity index (χ0v) is 15.1. The Kier molecular flexibility index (Phi) is 4.51. The lowest BCUT2D eigenvalue weighted by molar-refractivity contribution is -0.151. The average Bonchev–Trinajstić information content (AvgIpc) is 3.02. The topological polar surface area (TPSA) is 79.6 Å². The number of hydrogen-bond acceptors (Lipinski definition) is 4. The first kappa shape index (κ1) is 18.7. The molecule has 0 bridgehead atoms. The van der Waals surface area contributed by atoms with Gasteiger partial charge in [0.05, 0.1) is 12.1 Å². The van der Waals surface area contributed by atoms with Gasteiger partial charge in [0.1, 0.15) is 0 Å². The predicted molar refractivity (Wildman–Crippen MR) is 93.6 cm³/mol. The Labute approximate surface area is 158 Å². The summed E-state index contributed by atoms with van der Waals surface area (Å²) in [6, 6.07) is 5.03. The molecule has 0 atom stereocenters. The Morgan fingerprint density at radius 3 is 2.61 bits per heavy atom. The summed E-state index contributed by atoms with van der Waals surface area (Å²) in [6.07, 6.45) is -1.32. The van der Waals surface area contributed by atoms with Crippen LogP contribution < -0.4 is 5.32 Å². The van der Waals surface area contributed by atoms with Gasteiger partial charge in [-0.2, -0.15) is 4.98 Å². The number of alkyl halides is 3. The maximum Gasteiger partial charge on any atom is 0.249 e. The number of hydrogen-bond donors (Lipinski definition) is 1. The van der Waals surface area contributed by atoms with Crippen molar-refractivity contribution in [2.45, 2.75) is 44.2 Å². The van der Waals surface area contributed by atoms with E-state index in [4.69, 9.17) is 0 Å². The van der Waals surface area contributed by atoms with E-state index in [9.17, 15) is 18.4 Å². The molecular weight excluding hydrogens is 375 g/mol. The van der Waals surface area contributed by atoms with Gasteiger partial charge in [0.15, 0.2) is 11.3 Å². The molecule has 1 N–H and O–H groups in total. The molecule has 7 nitrogen and oxygen atoms in total. The molecule has 3 heterocycles. The highest BCUT2D eigenvalue weighted by atomic mass is 19.3. The molecule has 2 fully saturated rings. The fourth-order valence-corrected chi connectivity index (χ4v) is 4.31. The Hall–Kier alpha value is -2.65. The minimum Gasteiger partial charge on any atom is -0.341 e. The number of fused-ring (bicyclic) bond motifs is 1. The van der Waals surface area contributed by atoms with Crippen molar-refractivity contribution in [2.75, 3.05) is 18.4 Å². The van der Waals surface area contributed by atoms with Crippen molar-refractivity contribution in [2.24, 2.45) is 5.41 Å². The molecule has 1 spiro atoms. The van der Waals surface area contributed by atoms with Crippen LogP contribution in [0.1, 0.15) is 37.8 Å². The van der Waals surface area contributed by atoms with Gasteiger partial charge in [-0.15, -0.1) is 5.10 Å². The third-order valence-electron chi connectivity index (χ3n) is 5.84. The lowest BCUT2D eigenvalue weighted by atomic mass is 9.64. The van der Waals surface area contributed by atoms with Crippen LogP contribution in [0.2, 0.25) is 0 Å². The molecule has 0 aromatic carbocycles. The summed E-state index contributed by atoms with van der Waals surface area (Å²) in [4.78, 5) is 27.9. The van der Waals surface area contributed by atoms with Crippen molar-refractivity contribution in [1.29, 1.82) is 0 Å². The number of carbonyl (C=O) groups excluding carboxylic acids is 2. The number of halogens is 3. The third-order valence-corrected chi connectivity index (χ3v) is 5.84. The van der Waals surface area contributed by atoms with Crippen molar-refractivity contribution in [1.82, 2.24) is 19.5 Å². The van der Waals surface area contributed by atoms with Gasteiger partial charge in [0.2, 0.25) is 24.7 Å². The van der Waals surface area contributed by atoms with E-state index in [1.807, 2.05) is 0 Å². The van der Waals surface area contributed by atoms with E-state index < -0.39 is 24.4 Å². The van der Waals surface area contributed by atoms with E-state index in [1.165, 1.54) is 9.42 Å². The number of amides is 2. The molecule has 1 saturated heterocycles. The van der Waals surface area contributed by atoms with Crippen LogP contribution in [0.25, 0.3) is 5.65 Å². The van der Waals surface area contributed by atoms with E-state index in [0.29, 0.717) is 43.7 Å². The van der Waals surface area contributed by atoms with E-state index in [-0.39, 0.29) is 24.2 Å². The van der Waals surface area contributed by atoms with Crippen LogP contribution >= 0.6 is 0 Å². The summed E-state index contributed by atoms with van der Waals surface area (Å²) >= 11 is 0. The highest BCUT2D eigenvalue weighted by Crippen LogP contribution is 2.51. The van der Waals surface area contributed by atoms with Gasteiger partial charge in [-0.1, -0.05) is 6.07 Å². The first-order valence-electron chi connectivity index (χ1n) is 9.16. The van der Waals surface area contributed by atoms with Crippen LogP contribution in [0.3, 0.4) is 0 Å². The summed E-state index contributed by atoms with van der Waals surface area (Å²) in [5, 5.41) is 6.52. The lowest BCUT2D eigenvalue weighted by Crippen LogP contribution is -2.60. The molecule has 10 heteroatoms. The number of carbonyl (C=O) groups is 2. The number of nitrogens with zero attached hydrogens (tertiary/aromatic N) is 4. The second-order valence-corrected chi connectivity index (χ2v) is 7.69. The van der Waals surface area contributed by atoms with E-state index >= 15 is 4.39 Å². The summed E-state index contributed by atoms with van der Waals surface area (Å²) in [6.45, 7) is 0.825. The van der Waals surface area contributed by atoms with Crippen LogP contribution in [-0.4, -0.2) is 51.3 Å². The van der Waals surface area contributed by atoms with Crippen LogP contribution in [-0.2, 0) is 15.3 Å². The molecule has 2 aliphatic rings. The van der Waals surface area contributed by atoms with Crippen LogP contribution in [0, 0.1) is 5.41 Å². The molecule has 1 saturated carbocycles. The van der Waals surface area contributed by atoms with Gasteiger partial charge >= 0.3 is 0 Å². The SMILES string of the molecule is O=CNc1nc2cccc(C3(F)CCC4(CC3)CN(C(=O)CC(F)F)C4)n2n1. The number of nitrogens with one attached hydrogen (secondary N) is 1. The summed E-state index contributed by atoms with van der Waals surface area (Å²) in [7, 11) is 0. The fraction of sp³-hybridized carbons (Fsp3) is 0.556. The Morgan fingerprint density at radius 1 is 1.25 bits per heavy atom. The standard InChI is InChI=1S/C18H20F3N5O2/c19-13(20)8-15(28)25-9-17(10-25)4-6-18(21,7-5-17)12-2-1-3-14-23-16(22-11-27)24-26(12)14/h1-3,11,13H,4-10H2,(H,22,24,27). The zero-order chi connectivity index (χ0) is 19.9. The van der Waals surface area contributed by atoms with Crippen LogP contribution in [0.4, 0.5) is 19.1 Å². The van der Waals surface area contributed by atoms with E-state index in [2.05, 4.69) is 15.4 Å². The highest BCUT2D eigenvalue weighted by molar-refractivity contribution is 5.77. The number of anilines is 1. The van der Waals surface area contributed by atoms with Crippen LogP contribution in [0.5, 0.6) is 0 Å². The largest absolute Gasteiger partial charge is 0.341 e. The number of aromatic nitrogens is 3. The van der Waals surface area contributed by atoms with Gasteiger partial charge in [-0.25, -0.2) is 17.7 Å². The molecule has 150 valence electrons. The van der Waals surface area contributed by atoms with Gasteiger partial charge < -0.3 is 4.90 Å². The van der Waals surface area contributed by atoms with Gasteiger partial charge in [-0.05, 0) is 37.8 Å². The summed E-state index contributed by atoms with van der Waals surface area (Å²) in [5.74, 6) is -0.439. The van der Waals surface area contributed by atoms with Crippen molar-refractivity contribution in [3.05, 3.63) is 23.9 Å². The molecular formula is C18H20F3N5O2. The van der Waals surface area contributed by atoms with E-state index in [0.717, 1.165) is 0 Å². The molecule has 4 rings (SSSR count). The first-order valence-corrected chi connectivity index (χ1v) is 9.16. The zero-order valence-electron chi connectivity index (χ0n) is 15.1. The molecule has 1 aliphatic heterocycles. The number of pyridine rings is 1. The highest BCUT2D eigenvalue weighted by Gasteiger charge is 2.52. The monoisotopic (exact) mass is 395 g/mol.